The van der Waals surface area contributed by atoms with Crippen LogP contribution in [-0.4, -0.2) is 17.6 Å². The summed E-state index contributed by atoms with van der Waals surface area (Å²) >= 11 is 0. The van der Waals surface area contributed by atoms with Crippen LogP contribution in [0.2, 0.25) is 0 Å². The van der Waals surface area contributed by atoms with Crippen LogP contribution in [0.5, 0.6) is 0 Å². The van der Waals surface area contributed by atoms with Crippen LogP contribution in [0.4, 0.5) is 0 Å². The molecule has 90 valence electrons. The number of nitrogens with zero attached hydrogens (tertiary/aromatic N) is 1. The van der Waals surface area contributed by atoms with Gasteiger partial charge >= 0.3 is 5.97 Å². The molecule has 5 nitrogen and oxygen atoms in total. The van der Waals surface area contributed by atoms with Crippen molar-refractivity contribution in [3.8, 4) is 6.07 Å². The van der Waals surface area contributed by atoms with Gasteiger partial charge in [0, 0.05) is 5.69 Å². The number of H-pyrrole nitrogens is 1. The lowest BCUT2D eigenvalue weighted by Crippen LogP contribution is -2.19. The van der Waals surface area contributed by atoms with Gasteiger partial charge in [0.2, 0.25) is 0 Å². The topological polar surface area (TPSA) is 83.0 Å². The number of carbonyl (C=O) groups is 1. The maximum Gasteiger partial charge on any atom is 0.310 e. The van der Waals surface area contributed by atoms with Gasteiger partial charge in [-0.05, 0) is 31.9 Å². The Kier molecular flexibility index (Phi) is 4.05. The number of pyridine rings is 1. The monoisotopic (exact) mass is 234 g/mol. The van der Waals surface area contributed by atoms with Gasteiger partial charge in [-0.15, -0.1) is 0 Å². The van der Waals surface area contributed by atoms with E-state index in [0.29, 0.717) is 23.4 Å². The van der Waals surface area contributed by atoms with Gasteiger partial charge in [-0.1, -0.05) is 0 Å². The number of esters is 1. The minimum Gasteiger partial charge on any atom is -0.466 e. The zero-order chi connectivity index (χ0) is 13.0. The zero-order valence-electron chi connectivity index (χ0n) is 10.1. The molecule has 0 aromatic carbocycles. The smallest absolute Gasteiger partial charge is 0.310 e. The highest BCUT2D eigenvalue weighted by Gasteiger charge is 2.15. The Hall–Kier alpha value is -2.09. The first kappa shape index (κ1) is 13.0. The third-order valence-electron chi connectivity index (χ3n) is 2.55. The lowest BCUT2D eigenvalue weighted by Gasteiger charge is -2.09. The molecule has 0 unspecified atom stereocenters. The van der Waals surface area contributed by atoms with Crippen LogP contribution < -0.4 is 5.56 Å². The summed E-state index contributed by atoms with van der Waals surface area (Å²) in [5.41, 5.74) is 1.42. The Morgan fingerprint density at radius 1 is 1.47 bits per heavy atom. The maximum absolute atomic E-state index is 11.5. The number of aryl methyl sites for hydroxylation is 1. The Labute approximate surface area is 99.0 Å². The van der Waals surface area contributed by atoms with Crippen molar-refractivity contribution in [1.82, 2.24) is 4.98 Å². The Morgan fingerprint density at radius 3 is 2.65 bits per heavy atom. The number of nitrogens with one attached hydrogen (secondary N) is 1. The minimum atomic E-state index is -0.421. The fraction of sp³-hybridized carbons (Fsp3) is 0.417. The van der Waals surface area contributed by atoms with Crippen molar-refractivity contribution in [3.63, 3.8) is 0 Å². The number of carbonyl (C=O) groups excluding carboxylic acids is 1. The highest BCUT2D eigenvalue weighted by Crippen LogP contribution is 2.13. The van der Waals surface area contributed by atoms with Gasteiger partial charge in [0.25, 0.3) is 5.56 Å². The van der Waals surface area contributed by atoms with Crippen molar-refractivity contribution in [2.24, 2.45) is 0 Å². The number of nitriles is 1. The summed E-state index contributed by atoms with van der Waals surface area (Å²) in [6.07, 6.45) is 0.0664. The molecule has 0 aliphatic heterocycles. The van der Waals surface area contributed by atoms with E-state index in [1.54, 1.807) is 20.8 Å². The van der Waals surface area contributed by atoms with Crippen molar-refractivity contribution >= 4 is 5.97 Å². The fourth-order valence-electron chi connectivity index (χ4n) is 1.67. The second kappa shape index (κ2) is 5.30. The molecule has 0 saturated carbocycles. The predicted molar refractivity (Wildman–Crippen MR) is 61.6 cm³/mol. The van der Waals surface area contributed by atoms with E-state index in [9.17, 15) is 9.59 Å². The summed E-state index contributed by atoms with van der Waals surface area (Å²) in [7, 11) is 0. The average Bonchev–Trinajstić information content (AvgIpc) is 2.25. The molecule has 0 aliphatic carbocycles. The quantitative estimate of drug-likeness (QED) is 0.790. The molecule has 1 N–H and O–H groups in total. The summed E-state index contributed by atoms with van der Waals surface area (Å²) in [4.78, 5) is 25.4. The number of hydrogen-bond donors (Lipinski definition) is 1. The number of rotatable bonds is 3. The standard InChI is InChI=1S/C12H14N2O3/c1-4-17-11(15)5-9-7(2)10(6-13)12(16)14-8(9)3/h4-5H2,1-3H3,(H,14,16). The fourth-order valence-corrected chi connectivity index (χ4v) is 1.67. The van der Waals surface area contributed by atoms with E-state index < -0.39 is 5.56 Å². The van der Waals surface area contributed by atoms with E-state index >= 15 is 0 Å². The van der Waals surface area contributed by atoms with E-state index in [0.717, 1.165) is 0 Å². The summed E-state index contributed by atoms with van der Waals surface area (Å²) < 4.78 is 4.85. The van der Waals surface area contributed by atoms with E-state index in [2.05, 4.69) is 4.98 Å². The van der Waals surface area contributed by atoms with Crippen molar-refractivity contribution in [1.29, 1.82) is 5.26 Å². The van der Waals surface area contributed by atoms with Crippen molar-refractivity contribution < 1.29 is 9.53 Å². The van der Waals surface area contributed by atoms with Crippen LogP contribution in [0, 0.1) is 25.2 Å². The van der Waals surface area contributed by atoms with Gasteiger partial charge in [-0.2, -0.15) is 5.26 Å². The molecular formula is C12H14N2O3. The van der Waals surface area contributed by atoms with Gasteiger partial charge in [0.15, 0.2) is 0 Å². The number of aromatic nitrogens is 1. The van der Waals surface area contributed by atoms with Gasteiger partial charge in [0.05, 0.1) is 13.0 Å². The third-order valence-corrected chi connectivity index (χ3v) is 2.55. The molecule has 5 heteroatoms. The average molecular weight is 234 g/mol. The Balaban J connectivity index is 3.21. The normalized spacial score (nSPS) is 9.76. The number of aromatic amines is 1. The summed E-state index contributed by atoms with van der Waals surface area (Å²) in [6, 6.07) is 1.84. The van der Waals surface area contributed by atoms with Crippen molar-refractivity contribution in [3.05, 3.63) is 32.7 Å². The maximum atomic E-state index is 11.5. The molecule has 0 aliphatic rings. The van der Waals surface area contributed by atoms with Crippen LogP contribution in [0.1, 0.15) is 29.3 Å². The first-order chi connectivity index (χ1) is 8.01. The van der Waals surface area contributed by atoms with Gasteiger partial charge in [-0.3, -0.25) is 9.59 Å². The van der Waals surface area contributed by atoms with Crippen molar-refractivity contribution in [2.75, 3.05) is 6.61 Å². The summed E-state index contributed by atoms with van der Waals surface area (Å²) in [5.74, 6) is -0.366. The molecule has 1 rings (SSSR count). The molecule has 1 aromatic rings. The molecule has 0 amide bonds. The largest absolute Gasteiger partial charge is 0.466 e. The molecule has 0 radical (unpaired) electrons. The molecule has 0 bridgehead atoms. The second-order valence-corrected chi connectivity index (χ2v) is 3.65. The van der Waals surface area contributed by atoms with Gasteiger partial charge in [0.1, 0.15) is 11.6 Å². The first-order valence-electron chi connectivity index (χ1n) is 5.29. The number of hydrogen-bond acceptors (Lipinski definition) is 4. The Morgan fingerprint density at radius 2 is 2.12 bits per heavy atom. The first-order valence-corrected chi connectivity index (χ1v) is 5.29. The molecule has 0 fully saturated rings. The van der Waals surface area contributed by atoms with E-state index in [-0.39, 0.29) is 18.0 Å². The molecule has 1 aromatic heterocycles. The van der Waals surface area contributed by atoms with E-state index in [1.807, 2.05) is 6.07 Å². The molecule has 0 atom stereocenters. The number of ether oxygens (including phenoxy) is 1. The summed E-state index contributed by atoms with van der Waals surface area (Å²) in [6.45, 7) is 5.40. The summed E-state index contributed by atoms with van der Waals surface area (Å²) in [5, 5.41) is 8.87. The van der Waals surface area contributed by atoms with Crippen LogP contribution in [-0.2, 0) is 16.0 Å². The van der Waals surface area contributed by atoms with E-state index in [4.69, 9.17) is 10.00 Å². The van der Waals surface area contributed by atoms with E-state index in [1.165, 1.54) is 0 Å². The molecule has 1 heterocycles. The SMILES string of the molecule is CCOC(=O)Cc1c(C)[nH]c(=O)c(C#N)c1C. The Bertz CT molecular complexity index is 538. The minimum absolute atomic E-state index is 0.0508. The molecule has 0 saturated heterocycles. The highest BCUT2D eigenvalue weighted by atomic mass is 16.5. The van der Waals surface area contributed by atoms with Crippen LogP contribution in [0.15, 0.2) is 4.79 Å². The van der Waals surface area contributed by atoms with Gasteiger partial charge < -0.3 is 9.72 Å². The molecule has 17 heavy (non-hydrogen) atoms. The van der Waals surface area contributed by atoms with Crippen molar-refractivity contribution in [2.45, 2.75) is 27.2 Å². The van der Waals surface area contributed by atoms with Crippen LogP contribution >= 0.6 is 0 Å². The third kappa shape index (κ3) is 2.72. The van der Waals surface area contributed by atoms with Gasteiger partial charge in [-0.25, -0.2) is 0 Å². The highest BCUT2D eigenvalue weighted by molar-refractivity contribution is 5.73. The van der Waals surface area contributed by atoms with Crippen LogP contribution in [0.3, 0.4) is 0 Å². The second-order valence-electron chi connectivity index (χ2n) is 3.65. The predicted octanol–water partition coefficient (Wildman–Crippen LogP) is 0.969. The molecule has 0 spiro atoms. The molecular weight excluding hydrogens is 220 g/mol. The lowest BCUT2D eigenvalue weighted by molar-refractivity contribution is -0.142. The van der Waals surface area contributed by atoms with Crippen LogP contribution in [0.25, 0.3) is 0 Å². The lowest BCUT2D eigenvalue weighted by atomic mass is 10.0. The zero-order valence-corrected chi connectivity index (χ0v) is 10.1.